The third kappa shape index (κ3) is 4.97. The number of likely N-dealkylation sites (tertiary alicyclic amines) is 1. The number of rotatable bonds is 5. The molecule has 2 amide bonds. The van der Waals surface area contributed by atoms with Crippen LogP contribution >= 0.6 is 0 Å². The monoisotopic (exact) mass is 426 g/mol. The van der Waals surface area contributed by atoms with E-state index >= 15 is 0 Å². The minimum atomic E-state index is 0.0609. The molecule has 5 rings (SSSR count). The van der Waals surface area contributed by atoms with Gasteiger partial charge in [-0.2, -0.15) is 0 Å². The lowest BCUT2D eigenvalue weighted by Gasteiger charge is -2.28. The Kier molecular flexibility index (Phi) is 5.83. The summed E-state index contributed by atoms with van der Waals surface area (Å²) in [5.41, 5.74) is 3.73. The van der Waals surface area contributed by atoms with Gasteiger partial charge in [0.15, 0.2) is 0 Å². The molecule has 2 aliphatic rings. The Balaban J connectivity index is 1.13. The van der Waals surface area contributed by atoms with Crippen molar-refractivity contribution in [3.05, 3.63) is 89.8 Å². The van der Waals surface area contributed by atoms with Gasteiger partial charge in [0.2, 0.25) is 0 Å². The lowest BCUT2D eigenvalue weighted by molar-refractivity contribution is 0.193. The van der Waals surface area contributed by atoms with Crippen molar-refractivity contribution < 1.29 is 9.53 Å². The molecule has 0 bridgehead atoms. The average Bonchev–Trinajstić information content (AvgIpc) is 3.60. The van der Waals surface area contributed by atoms with Crippen LogP contribution in [0.25, 0.3) is 6.08 Å². The van der Waals surface area contributed by atoms with Crippen molar-refractivity contribution in [1.29, 1.82) is 0 Å². The number of ether oxygens (including phenoxy) is 1. The third-order valence-electron chi connectivity index (χ3n) is 6.00. The maximum Gasteiger partial charge on any atom is 0.321 e. The molecule has 0 radical (unpaired) electrons. The predicted molar refractivity (Wildman–Crippen MR) is 123 cm³/mol. The van der Waals surface area contributed by atoms with Gasteiger partial charge in [-0.05, 0) is 48.6 Å². The molecule has 1 aromatic heterocycles. The van der Waals surface area contributed by atoms with E-state index in [0.717, 1.165) is 37.9 Å². The van der Waals surface area contributed by atoms with Crippen molar-refractivity contribution in [2.75, 3.05) is 13.1 Å². The predicted octanol–water partition coefficient (Wildman–Crippen LogP) is 5.01. The number of carbonyl (C=O) groups excluding carboxylic acids is 1. The Labute approximate surface area is 188 Å². The summed E-state index contributed by atoms with van der Waals surface area (Å²) in [7, 11) is 0. The van der Waals surface area contributed by atoms with Gasteiger partial charge in [-0.15, -0.1) is 0 Å². The molecule has 1 saturated carbocycles. The Morgan fingerprint density at radius 3 is 2.56 bits per heavy atom. The molecular weight excluding hydrogens is 400 g/mol. The van der Waals surface area contributed by atoms with Gasteiger partial charge in [0.1, 0.15) is 5.75 Å². The van der Waals surface area contributed by atoms with Crippen molar-refractivity contribution in [3.63, 3.8) is 0 Å². The second kappa shape index (κ2) is 9.22. The van der Waals surface area contributed by atoms with E-state index in [1.807, 2.05) is 29.2 Å². The fraction of sp³-hybridized carbons (Fsp3) is 0.269. The fourth-order valence-electron chi connectivity index (χ4n) is 4.16. The van der Waals surface area contributed by atoms with Crippen LogP contribution in [-0.4, -0.2) is 40.0 Å². The van der Waals surface area contributed by atoms with Gasteiger partial charge in [0.05, 0.1) is 0 Å². The molecule has 1 unspecified atom stereocenters. The smallest absolute Gasteiger partial charge is 0.321 e. The Bertz CT molecular complexity index is 1090. The van der Waals surface area contributed by atoms with Crippen LogP contribution in [0.5, 0.6) is 11.8 Å². The Morgan fingerprint density at radius 1 is 1.00 bits per heavy atom. The summed E-state index contributed by atoms with van der Waals surface area (Å²) >= 11 is 0. The van der Waals surface area contributed by atoms with Gasteiger partial charge in [0.25, 0.3) is 0 Å². The normalized spacial score (nSPS) is 19.9. The number of hydrogen-bond donors (Lipinski definition) is 1. The number of benzene rings is 2. The molecule has 2 fully saturated rings. The molecule has 3 aromatic rings. The quantitative estimate of drug-likeness (QED) is 0.622. The first-order valence-corrected chi connectivity index (χ1v) is 11.1. The highest BCUT2D eigenvalue weighted by atomic mass is 16.5. The molecule has 162 valence electrons. The van der Waals surface area contributed by atoms with Gasteiger partial charge in [-0.3, -0.25) is 0 Å². The zero-order chi connectivity index (χ0) is 21.8. The van der Waals surface area contributed by atoms with Crippen LogP contribution in [0.15, 0.2) is 78.6 Å². The molecule has 2 heterocycles. The molecule has 1 saturated heterocycles. The minimum absolute atomic E-state index is 0.0609. The van der Waals surface area contributed by atoms with E-state index in [-0.39, 0.29) is 12.1 Å². The van der Waals surface area contributed by atoms with E-state index in [0.29, 0.717) is 17.7 Å². The highest BCUT2D eigenvalue weighted by molar-refractivity contribution is 5.75. The summed E-state index contributed by atoms with van der Waals surface area (Å²) in [6.45, 7) is 1.49. The van der Waals surface area contributed by atoms with Gasteiger partial charge in [-0.25, -0.2) is 14.8 Å². The van der Waals surface area contributed by atoms with Crippen LogP contribution < -0.4 is 10.1 Å². The molecule has 2 atom stereocenters. The molecule has 1 N–H and O–H groups in total. The highest BCUT2D eigenvalue weighted by Crippen LogP contribution is 2.40. The zero-order valence-electron chi connectivity index (χ0n) is 17.9. The number of hydrogen-bond acceptors (Lipinski definition) is 4. The first-order chi connectivity index (χ1) is 15.7. The maximum absolute atomic E-state index is 12.7. The van der Waals surface area contributed by atoms with E-state index in [4.69, 9.17) is 4.74 Å². The molecule has 1 aliphatic heterocycles. The van der Waals surface area contributed by atoms with Crippen LogP contribution in [0.4, 0.5) is 4.79 Å². The van der Waals surface area contributed by atoms with E-state index in [1.165, 1.54) is 11.1 Å². The first kappa shape index (κ1) is 20.2. The first-order valence-electron chi connectivity index (χ1n) is 11.1. The van der Waals surface area contributed by atoms with E-state index in [2.05, 4.69) is 51.7 Å². The summed E-state index contributed by atoms with van der Waals surface area (Å²) in [4.78, 5) is 22.8. The molecule has 32 heavy (non-hydrogen) atoms. The van der Waals surface area contributed by atoms with Gasteiger partial charge in [0, 0.05) is 37.4 Å². The Hall–Kier alpha value is -3.67. The summed E-state index contributed by atoms with van der Waals surface area (Å²) in [6.07, 6.45) is 8.30. The molecule has 0 spiro atoms. The van der Waals surface area contributed by atoms with Gasteiger partial charge < -0.3 is 15.0 Å². The second-order valence-corrected chi connectivity index (χ2v) is 8.30. The highest BCUT2D eigenvalue weighted by Gasteiger charge is 2.40. The second-order valence-electron chi connectivity index (χ2n) is 8.30. The number of nitrogens with one attached hydrogen (secondary N) is 1. The average molecular weight is 427 g/mol. The van der Waals surface area contributed by atoms with Crippen molar-refractivity contribution >= 4 is 12.1 Å². The van der Waals surface area contributed by atoms with Crippen LogP contribution in [-0.2, 0) is 0 Å². The SMILES string of the molecule is O=C(N[C@H]1CC1c1ccccc1)N1CCC(=Cc2cccc(Oc3ncccn3)c2)CC1. The van der Waals surface area contributed by atoms with Crippen molar-refractivity contribution in [1.82, 2.24) is 20.2 Å². The minimum Gasteiger partial charge on any atom is -0.424 e. The summed E-state index contributed by atoms with van der Waals surface area (Å²) in [5.74, 6) is 1.16. The largest absolute Gasteiger partial charge is 0.424 e. The van der Waals surface area contributed by atoms with Gasteiger partial charge in [-0.1, -0.05) is 54.1 Å². The fourth-order valence-corrected chi connectivity index (χ4v) is 4.16. The molecule has 6 heteroatoms. The van der Waals surface area contributed by atoms with Crippen LogP contribution in [0.3, 0.4) is 0 Å². The number of urea groups is 1. The number of carbonyl (C=O) groups is 1. The molecule has 2 aromatic carbocycles. The third-order valence-corrected chi connectivity index (χ3v) is 6.00. The standard InChI is InChI=1S/C26H26N4O2/c31-26(29-24-18-23(24)21-7-2-1-3-8-21)30-14-10-19(11-15-30)16-20-6-4-9-22(17-20)32-25-27-12-5-13-28-25/h1-9,12-13,16-17,23-24H,10-11,14-15,18H2,(H,29,31)/t23?,24-/m0/s1. The maximum atomic E-state index is 12.7. The molecule has 1 aliphatic carbocycles. The van der Waals surface area contributed by atoms with Crippen LogP contribution in [0, 0.1) is 0 Å². The van der Waals surface area contributed by atoms with Crippen LogP contribution in [0.2, 0.25) is 0 Å². The number of aromatic nitrogens is 2. The summed E-state index contributed by atoms with van der Waals surface area (Å²) < 4.78 is 5.73. The van der Waals surface area contributed by atoms with E-state index < -0.39 is 0 Å². The number of amides is 2. The lowest BCUT2D eigenvalue weighted by Crippen LogP contribution is -2.44. The van der Waals surface area contributed by atoms with Crippen molar-refractivity contribution in [3.8, 4) is 11.8 Å². The lowest BCUT2D eigenvalue weighted by atomic mass is 10.0. The van der Waals surface area contributed by atoms with E-state index in [9.17, 15) is 4.79 Å². The van der Waals surface area contributed by atoms with Crippen molar-refractivity contribution in [2.45, 2.75) is 31.2 Å². The number of piperidine rings is 1. The number of nitrogens with zero attached hydrogens (tertiary/aromatic N) is 3. The van der Waals surface area contributed by atoms with Crippen molar-refractivity contribution in [2.24, 2.45) is 0 Å². The Morgan fingerprint density at radius 2 is 1.78 bits per heavy atom. The van der Waals surface area contributed by atoms with Gasteiger partial charge >= 0.3 is 12.0 Å². The summed E-state index contributed by atoms with van der Waals surface area (Å²) in [6, 6.07) is 20.7. The summed E-state index contributed by atoms with van der Waals surface area (Å²) in [5, 5.41) is 3.21. The van der Waals surface area contributed by atoms with Crippen LogP contribution in [0.1, 0.15) is 36.3 Å². The molecule has 6 nitrogen and oxygen atoms in total. The molecular formula is C26H26N4O2. The topological polar surface area (TPSA) is 67.4 Å². The zero-order valence-corrected chi connectivity index (χ0v) is 17.9. The van der Waals surface area contributed by atoms with E-state index in [1.54, 1.807) is 18.5 Å².